The minimum atomic E-state index is -0.997. The second-order valence-electron chi connectivity index (χ2n) is 8.50. The van der Waals surface area contributed by atoms with Gasteiger partial charge in [0.15, 0.2) is 5.82 Å². The number of hydrogen-bond acceptors (Lipinski definition) is 8. The maximum Gasteiger partial charge on any atom is 0.329 e. The molecular weight excluding hydrogens is 428 g/mol. The smallest absolute Gasteiger partial charge is 0.329 e. The quantitative estimate of drug-likeness (QED) is 0.480. The number of rotatable bonds is 7. The lowest BCUT2D eigenvalue weighted by Gasteiger charge is -2.35. The number of aromatic nitrogens is 2. The van der Waals surface area contributed by atoms with E-state index in [0.29, 0.717) is 18.1 Å². The van der Waals surface area contributed by atoms with Crippen LogP contribution >= 0.6 is 0 Å². The largest absolute Gasteiger partial charge is 0.491 e. The molecule has 0 spiro atoms. The number of aliphatic hydroxyl groups is 2. The van der Waals surface area contributed by atoms with E-state index in [1.54, 1.807) is 23.1 Å². The lowest BCUT2D eigenvalue weighted by Crippen LogP contribution is -2.48. The van der Waals surface area contributed by atoms with E-state index in [-0.39, 0.29) is 36.1 Å². The molecule has 0 aromatic carbocycles. The Morgan fingerprint density at radius 3 is 2.88 bits per heavy atom. The molecule has 2 aromatic rings. The fraction of sp³-hybridized carbons (Fsp3) is 0.455. The third kappa shape index (κ3) is 4.55. The van der Waals surface area contributed by atoms with Crippen LogP contribution < -0.4 is 25.2 Å². The van der Waals surface area contributed by atoms with Gasteiger partial charge in [-0.25, -0.2) is 14.8 Å². The van der Waals surface area contributed by atoms with Crippen LogP contribution in [0.25, 0.3) is 0 Å². The van der Waals surface area contributed by atoms with E-state index in [1.807, 2.05) is 6.07 Å². The van der Waals surface area contributed by atoms with E-state index < -0.39 is 18.7 Å². The van der Waals surface area contributed by atoms with Crippen LogP contribution in [0.3, 0.4) is 0 Å². The van der Waals surface area contributed by atoms with Crippen molar-refractivity contribution in [3.05, 3.63) is 36.2 Å². The standard InChI is InChI=1S/C22H26N6O5/c29-11-15(30)12-33-16-5-7-23-19(9-16)26-22(32)28-14-6-8-27(10-14)18-4-3-17(25-20(18)28)21(31)24-13-1-2-13/h3-5,7,9,13-15,29-30H,1-2,6,8,10-12H2,(H,24,31)(H,23,26,32)/t14?,15-/m1/s1. The van der Waals surface area contributed by atoms with E-state index in [2.05, 4.69) is 25.5 Å². The highest BCUT2D eigenvalue weighted by Gasteiger charge is 2.40. The van der Waals surface area contributed by atoms with Gasteiger partial charge < -0.3 is 25.2 Å². The highest BCUT2D eigenvalue weighted by atomic mass is 16.5. The number of nitrogens with one attached hydrogen (secondary N) is 2. The van der Waals surface area contributed by atoms with E-state index in [4.69, 9.17) is 9.84 Å². The molecule has 33 heavy (non-hydrogen) atoms. The summed E-state index contributed by atoms with van der Waals surface area (Å²) in [4.78, 5) is 38.4. The minimum Gasteiger partial charge on any atom is -0.491 e. The summed E-state index contributed by atoms with van der Waals surface area (Å²) in [6.45, 7) is 1.02. The van der Waals surface area contributed by atoms with Gasteiger partial charge in [-0.3, -0.25) is 15.0 Å². The number of ether oxygens (including phenoxy) is 1. The first-order valence-corrected chi connectivity index (χ1v) is 11.1. The molecule has 11 heteroatoms. The van der Waals surface area contributed by atoms with E-state index >= 15 is 0 Å². The number of nitrogens with zero attached hydrogens (tertiary/aromatic N) is 4. The summed E-state index contributed by atoms with van der Waals surface area (Å²) in [7, 11) is 0. The molecule has 2 bridgehead atoms. The number of hydrogen-bond donors (Lipinski definition) is 4. The van der Waals surface area contributed by atoms with Crippen molar-refractivity contribution in [2.75, 3.05) is 41.4 Å². The maximum atomic E-state index is 13.3. The lowest BCUT2D eigenvalue weighted by atomic mass is 10.1. The molecule has 1 saturated heterocycles. The summed E-state index contributed by atoms with van der Waals surface area (Å²) in [6.07, 6.45) is 3.24. The number of pyridine rings is 2. The third-order valence-electron chi connectivity index (χ3n) is 5.94. The molecule has 4 N–H and O–H groups in total. The van der Waals surface area contributed by atoms with Crippen molar-refractivity contribution in [1.82, 2.24) is 15.3 Å². The van der Waals surface area contributed by atoms with E-state index in [1.165, 1.54) is 6.20 Å². The van der Waals surface area contributed by atoms with Crippen molar-refractivity contribution >= 4 is 29.3 Å². The Morgan fingerprint density at radius 1 is 1.24 bits per heavy atom. The average molecular weight is 454 g/mol. The molecule has 1 aliphatic carbocycles. The number of urea groups is 1. The van der Waals surface area contributed by atoms with Gasteiger partial charge in [0.1, 0.15) is 30.0 Å². The van der Waals surface area contributed by atoms with Crippen molar-refractivity contribution in [1.29, 1.82) is 0 Å². The fourth-order valence-corrected chi connectivity index (χ4v) is 4.07. The van der Waals surface area contributed by atoms with Gasteiger partial charge in [-0.05, 0) is 37.5 Å². The molecule has 4 heterocycles. The summed E-state index contributed by atoms with van der Waals surface area (Å²) in [5.41, 5.74) is 1.11. The number of anilines is 3. The van der Waals surface area contributed by atoms with Crippen LogP contribution in [-0.2, 0) is 0 Å². The lowest BCUT2D eigenvalue weighted by molar-refractivity contribution is 0.0536. The molecule has 11 nitrogen and oxygen atoms in total. The summed E-state index contributed by atoms with van der Waals surface area (Å²) in [5, 5.41) is 24.1. The molecule has 2 aliphatic heterocycles. The van der Waals surface area contributed by atoms with Crippen molar-refractivity contribution in [2.45, 2.75) is 37.5 Å². The number of amides is 3. The molecule has 1 saturated carbocycles. The van der Waals surface area contributed by atoms with Crippen molar-refractivity contribution in [3.63, 3.8) is 0 Å². The summed E-state index contributed by atoms with van der Waals surface area (Å²) in [6, 6.07) is 6.45. The van der Waals surface area contributed by atoms with E-state index in [9.17, 15) is 14.7 Å². The van der Waals surface area contributed by atoms with Gasteiger partial charge in [-0.2, -0.15) is 0 Å². The Balaban J connectivity index is 1.36. The Hall–Kier alpha value is -3.44. The Bertz CT molecular complexity index is 1060. The third-order valence-corrected chi connectivity index (χ3v) is 5.94. The second kappa shape index (κ2) is 8.83. The van der Waals surface area contributed by atoms with Crippen molar-refractivity contribution in [2.24, 2.45) is 0 Å². The minimum absolute atomic E-state index is 0.0640. The first kappa shape index (κ1) is 21.4. The number of carbonyl (C=O) groups excluding carboxylic acids is 2. The summed E-state index contributed by atoms with van der Waals surface area (Å²) in [5.74, 6) is 0.907. The first-order chi connectivity index (χ1) is 16.0. The van der Waals surface area contributed by atoms with E-state index in [0.717, 1.165) is 31.5 Å². The van der Waals surface area contributed by atoms with Gasteiger partial charge in [0, 0.05) is 31.4 Å². The zero-order valence-electron chi connectivity index (χ0n) is 18.0. The maximum absolute atomic E-state index is 13.3. The van der Waals surface area contributed by atoms with Gasteiger partial charge in [-0.1, -0.05) is 0 Å². The van der Waals surface area contributed by atoms with Crippen LogP contribution in [0.15, 0.2) is 30.5 Å². The monoisotopic (exact) mass is 454 g/mol. The normalized spacial score (nSPS) is 19.6. The predicted octanol–water partition coefficient (Wildman–Crippen LogP) is 0.732. The zero-order valence-corrected chi connectivity index (χ0v) is 18.0. The molecule has 5 rings (SSSR count). The molecule has 2 fully saturated rings. The zero-order chi connectivity index (χ0) is 22.9. The highest BCUT2D eigenvalue weighted by molar-refractivity contribution is 6.05. The molecule has 2 aromatic heterocycles. The predicted molar refractivity (Wildman–Crippen MR) is 120 cm³/mol. The number of carbonyl (C=O) groups is 2. The molecule has 1 unspecified atom stereocenters. The van der Waals surface area contributed by atoms with Crippen LogP contribution in [0.2, 0.25) is 0 Å². The SMILES string of the molecule is O=C(NC1CC1)c1ccc2c(n1)N(C(=O)Nc1cc(OC[C@H](O)CO)ccn1)C1CCN2C1. The number of fused-ring (bicyclic) bond motifs is 4. The van der Waals surface area contributed by atoms with Crippen molar-refractivity contribution in [3.8, 4) is 5.75 Å². The van der Waals surface area contributed by atoms with Crippen LogP contribution in [0.1, 0.15) is 29.8 Å². The van der Waals surface area contributed by atoms with Gasteiger partial charge in [-0.15, -0.1) is 0 Å². The molecule has 2 atom stereocenters. The van der Waals surface area contributed by atoms with Gasteiger partial charge in [0.05, 0.1) is 18.3 Å². The average Bonchev–Trinajstić information content (AvgIpc) is 3.55. The van der Waals surface area contributed by atoms with Crippen LogP contribution in [0.4, 0.5) is 22.1 Å². The Kier molecular flexibility index (Phi) is 5.73. The summed E-state index contributed by atoms with van der Waals surface area (Å²) >= 11 is 0. The first-order valence-electron chi connectivity index (χ1n) is 11.1. The molecule has 3 aliphatic rings. The van der Waals surface area contributed by atoms with Gasteiger partial charge in [0.2, 0.25) is 0 Å². The molecular formula is C22H26N6O5. The molecule has 3 amide bonds. The van der Waals surface area contributed by atoms with Crippen molar-refractivity contribution < 1.29 is 24.5 Å². The summed E-state index contributed by atoms with van der Waals surface area (Å²) < 4.78 is 5.43. The highest BCUT2D eigenvalue weighted by Crippen LogP contribution is 2.39. The number of aliphatic hydroxyl groups excluding tert-OH is 2. The van der Waals surface area contributed by atoms with Crippen LogP contribution in [0, 0.1) is 0 Å². The van der Waals surface area contributed by atoms with Crippen LogP contribution in [-0.4, -0.2) is 76.6 Å². The van der Waals surface area contributed by atoms with Crippen LogP contribution in [0.5, 0.6) is 5.75 Å². The fourth-order valence-electron chi connectivity index (χ4n) is 4.07. The Morgan fingerprint density at radius 2 is 2.09 bits per heavy atom. The molecule has 174 valence electrons. The molecule has 0 radical (unpaired) electrons. The topological polar surface area (TPSA) is 140 Å². The van der Waals surface area contributed by atoms with Gasteiger partial charge >= 0.3 is 6.03 Å². The van der Waals surface area contributed by atoms with Gasteiger partial charge in [0.25, 0.3) is 5.91 Å². The Labute approximate surface area is 190 Å². The second-order valence-corrected chi connectivity index (χ2v) is 8.50.